The van der Waals surface area contributed by atoms with Gasteiger partial charge in [0.05, 0.1) is 4.90 Å². The summed E-state index contributed by atoms with van der Waals surface area (Å²) in [5.41, 5.74) is 10.2. The molecule has 4 aromatic carbocycles. The van der Waals surface area contributed by atoms with Gasteiger partial charge in [-0.3, -0.25) is 10.2 Å². The number of para-hydroxylation sites is 1. The molecule has 0 heterocycles. The molecule has 4 rings (SSSR count). The summed E-state index contributed by atoms with van der Waals surface area (Å²) in [4.78, 5) is 13.1. The van der Waals surface area contributed by atoms with Crippen molar-refractivity contribution in [1.29, 1.82) is 5.41 Å². The average molecular weight is 485 g/mol. The van der Waals surface area contributed by atoms with Crippen LogP contribution in [0.3, 0.4) is 0 Å². The maximum absolute atomic E-state index is 13.0. The van der Waals surface area contributed by atoms with Gasteiger partial charge >= 0.3 is 0 Å². The first kappa shape index (κ1) is 23.9. The topological polar surface area (TPSA) is 139 Å². The Morgan fingerprint density at radius 1 is 0.829 bits per heavy atom. The van der Waals surface area contributed by atoms with Crippen LogP contribution in [0.15, 0.2) is 102 Å². The van der Waals surface area contributed by atoms with Crippen molar-refractivity contribution in [2.75, 3.05) is 5.32 Å². The molecule has 0 aliphatic carbocycles. The highest BCUT2D eigenvalue weighted by Crippen LogP contribution is 2.28. The fraction of sp³-hybridized carbons (Fsp3) is 0.0370. The first-order valence-corrected chi connectivity index (χ1v) is 12.3. The number of primary sulfonamides is 1. The summed E-state index contributed by atoms with van der Waals surface area (Å²) >= 11 is 0. The molecule has 4 aromatic rings. The standard InChI is InChI=1S/C27H24N4O3S/c28-27(29)21-7-5-8-22(16-21)31-24-10-3-1-6-20(24)17-25(32)19-14-12-18(13-15-19)23-9-2-4-11-26(23)35(30,33)34/h1-16,31H,17H2,(H3,28,29)(H2,30,33,34). The molecule has 7 nitrogen and oxygen atoms in total. The maximum Gasteiger partial charge on any atom is 0.238 e. The van der Waals surface area contributed by atoms with Gasteiger partial charge in [0, 0.05) is 34.5 Å². The van der Waals surface area contributed by atoms with Crippen molar-refractivity contribution in [3.63, 3.8) is 0 Å². The number of amidine groups is 1. The zero-order valence-electron chi connectivity index (χ0n) is 18.7. The summed E-state index contributed by atoms with van der Waals surface area (Å²) in [6, 6.07) is 28.0. The minimum absolute atomic E-state index is 0.0211. The van der Waals surface area contributed by atoms with Gasteiger partial charge in [0.1, 0.15) is 5.84 Å². The molecule has 0 aromatic heterocycles. The van der Waals surface area contributed by atoms with Crippen LogP contribution < -0.4 is 16.2 Å². The van der Waals surface area contributed by atoms with Gasteiger partial charge in [-0.15, -0.1) is 0 Å². The molecule has 0 bridgehead atoms. The molecule has 176 valence electrons. The number of benzene rings is 4. The molecule has 0 aliphatic heterocycles. The molecule has 0 amide bonds. The van der Waals surface area contributed by atoms with Gasteiger partial charge in [-0.05, 0) is 35.4 Å². The molecule has 0 radical (unpaired) electrons. The summed E-state index contributed by atoms with van der Waals surface area (Å²) in [6.45, 7) is 0. The van der Waals surface area contributed by atoms with Gasteiger partial charge in [0.2, 0.25) is 10.0 Å². The van der Waals surface area contributed by atoms with Crippen LogP contribution in [0.4, 0.5) is 11.4 Å². The minimum Gasteiger partial charge on any atom is -0.384 e. The number of hydrogen-bond acceptors (Lipinski definition) is 5. The average Bonchev–Trinajstić information content (AvgIpc) is 2.85. The van der Waals surface area contributed by atoms with Crippen LogP contribution in [0.25, 0.3) is 11.1 Å². The Morgan fingerprint density at radius 3 is 2.23 bits per heavy atom. The molecular weight excluding hydrogens is 460 g/mol. The van der Waals surface area contributed by atoms with Crippen molar-refractivity contribution < 1.29 is 13.2 Å². The van der Waals surface area contributed by atoms with Crippen molar-refractivity contribution in [2.24, 2.45) is 10.9 Å². The zero-order valence-corrected chi connectivity index (χ0v) is 19.5. The van der Waals surface area contributed by atoms with E-state index >= 15 is 0 Å². The summed E-state index contributed by atoms with van der Waals surface area (Å²) in [6.07, 6.45) is 0.169. The second kappa shape index (κ2) is 9.92. The Bertz CT molecular complexity index is 1510. The van der Waals surface area contributed by atoms with E-state index < -0.39 is 10.0 Å². The van der Waals surface area contributed by atoms with Gasteiger partial charge in [-0.1, -0.05) is 72.8 Å². The molecule has 8 heteroatoms. The van der Waals surface area contributed by atoms with Crippen LogP contribution in [-0.2, 0) is 16.4 Å². The van der Waals surface area contributed by atoms with Gasteiger partial charge < -0.3 is 11.1 Å². The molecule has 0 aliphatic rings. The number of sulfonamides is 1. The fourth-order valence-corrected chi connectivity index (χ4v) is 4.54. The van der Waals surface area contributed by atoms with Crippen molar-refractivity contribution in [3.8, 4) is 11.1 Å². The minimum atomic E-state index is -3.88. The Labute approximate surface area is 204 Å². The molecule has 0 fully saturated rings. The Morgan fingerprint density at radius 2 is 1.51 bits per heavy atom. The number of rotatable bonds is 8. The summed E-state index contributed by atoms with van der Waals surface area (Å²) in [7, 11) is -3.88. The van der Waals surface area contributed by atoms with Crippen LogP contribution in [0.1, 0.15) is 21.5 Å². The lowest BCUT2D eigenvalue weighted by atomic mass is 9.98. The maximum atomic E-state index is 13.0. The molecule has 6 N–H and O–H groups in total. The Balaban J connectivity index is 1.55. The van der Waals surface area contributed by atoms with E-state index in [1.54, 1.807) is 54.6 Å². The third kappa shape index (κ3) is 5.63. The van der Waals surface area contributed by atoms with Gasteiger partial charge in [0.15, 0.2) is 5.78 Å². The highest BCUT2D eigenvalue weighted by atomic mass is 32.2. The smallest absolute Gasteiger partial charge is 0.238 e. The normalized spacial score (nSPS) is 11.1. The third-order valence-electron chi connectivity index (χ3n) is 5.53. The number of nitrogens with one attached hydrogen (secondary N) is 2. The first-order chi connectivity index (χ1) is 16.7. The first-order valence-electron chi connectivity index (χ1n) is 10.8. The van der Waals surface area contributed by atoms with E-state index in [0.29, 0.717) is 22.3 Å². The lowest BCUT2D eigenvalue weighted by molar-refractivity contribution is 0.0993. The predicted molar refractivity (Wildman–Crippen MR) is 138 cm³/mol. The number of ketones is 1. The van der Waals surface area contributed by atoms with Crippen LogP contribution >= 0.6 is 0 Å². The Kier molecular flexibility index (Phi) is 6.77. The van der Waals surface area contributed by atoms with Gasteiger partial charge in [-0.2, -0.15) is 0 Å². The van der Waals surface area contributed by atoms with E-state index in [2.05, 4.69) is 5.32 Å². The predicted octanol–water partition coefficient (Wildman–Crippen LogP) is 4.45. The van der Waals surface area contributed by atoms with Crippen molar-refractivity contribution in [3.05, 3.63) is 114 Å². The van der Waals surface area contributed by atoms with Crippen molar-refractivity contribution >= 4 is 33.0 Å². The second-order valence-electron chi connectivity index (χ2n) is 8.00. The van der Waals surface area contributed by atoms with Crippen molar-refractivity contribution in [2.45, 2.75) is 11.3 Å². The van der Waals surface area contributed by atoms with E-state index in [-0.39, 0.29) is 22.9 Å². The highest BCUT2D eigenvalue weighted by molar-refractivity contribution is 7.89. The number of carbonyl (C=O) groups is 1. The number of nitrogen functional groups attached to an aromatic ring is 1. The van der Waals surface area contributed by atoms with Crippen molar-refractivity contribution in [1.82, 2.24) is 0 Å². The SMILES string of the molecule is N=C(N)c1cccc(Nc2ccccc2CC(=O)c2ccc(-c3ccccc3S(N)(=O)=O)cc2)c1. The molecule has 0 unspecified atom stereocenters. The quantitative estimate of drug-likeness (QED) is 0.166. The zero-order chi connectivity index (χ0) is 25.0. The number of carbonyl (C=O) groups excluding carboxylic acids is 1. The van der Waals surface area contributed by atoms with Crippen LogP contribution in [0.5, 0.6) is 0 Å². The molecule has 35 heavy (non-hydrogen) atoms. The van der Waals surface area contributed by atoms with E-state index in [4.69, 9.17) is 16.3 Å². The summed E-state index contributed by atoms with van der Waals surface area (Å²) in [5.74, 6) is -0.102. The molecule has 0 spiro atoms. The monoisotopic (exact) mass is 484 g/mol. The number of hydrogen-bond donors (Lipinski definition) is 4. The number of Topliss-reactive ketones (excluding diaryl/α,β-unsaturated/α-hetero) is 1. The largest absolute Gasteiger partial charge is 0.384 e. The van der Waals surface area contributed by atoms with E-state index in [1.165, 1.54) is 6.07 Å². The molecule has 0 saturated heterocycles. The van der Waals surface area contributed by atoms with Crippen LogP contribution in [-0.4, -0.2) is 20.0 Å². The lowest BCUT2D eigenvalue weighted by Crippen LogP contribution is -2.13. The number of nitrogens with two attached hydrogens (primary N) is 2. The third-order valence-corrected chi connectivity index (χ3v) is 6.50. The Hall–Kier alpha value is -4.27. The fourth-order valence-electron chi connectivity index (χ4n) is 3.78. The van der Waals surface area contributed by atoms with E-state index in [0.717, 1.165) is 16.9 Å². The highest BCUT2D eigenvalue weighted by Gasteiger charge is 2.16. The van der Waals surface area contributed by atoms with E-state index in [9.17, 15) is 13.2 Å². The molecule has 0 atom stereocenters. The van der Waals surface area contributed by atoms with Crippen LogP contribution in [0, 0.1) is 5.41 Å². The lowest BCUT2D eigenvalue weighted by Gasteiger charge is -2.13. The number of anilines is 2. The molecular formula is C27H24N4O3S. The van der Waals surface area contributed by atoms with E-state index in [1.807, 2.05) is 36.4 Å². The van der Waals surface area contributed by atoms with Crippen LogP contribution in [0.2, 0.25) is 0 Å². The second-order valence-corrected chi connectivity index (χ2v) is 9.52. The van der Waals surface area contributed by atoms with Gasteiger partial charge in [-0.25, -0.2) is 13.6 Å². The molecule has 0 saturated carbocycles. The summed E-state index contributed by atoms with van der Waals surface area (Å²) < 4.78 is 23.8. The van der Waals surface area contributed by atoms with Gasteiger partial charge in [0.25, 0.3) is 0 Å². The summed E-state index contributed by atoms with van der Waals surface area (Å²) in [5, 5.41) is 16.3.